The van der Waals surface area contributed by atoms with Gasteiger partial charge >= 0.3 is 0 Å². The highest BCUT2D eigenvalue weighted by Gasteiger charge is 2.20. The molecule has 0 aliphatic heterocycles. The molecule has 0 aromatic heterocycles. The molecule has 1 N–H and O–H groups in total. The summed E-state index contributed by atoms with van der Waals surface area (Å²) in [6.45, 7) is 9.74. The third-order valence-corrected chi connectivity index (χ3v) is 4.19. The lowest BCUT2D eigenvalue weighted by atomic mass is 9.87. The summed E-state index contributed by atoms with van der Waals surface area (Å²) in [4.78, 5) is 0. The fourth-order valence-corrected chi connectivity index (χ4v) is 2.49. The molecule has 0 fully saturated rings. The Morgan fingerprint density at radius 2 is 2.15 bits per heavy atom. The molecular formula is C16H26BrNO2. The van der Waals surface area contributed by atoms with Crippen molar-refractivity contribution in [1.29, 1.82) is 5.41 Å². The SMILES string of the molecule is CCCOCC(C)OC1=CCC(C)C(C)C(=N)/C=C\1Br. The number of rotatable bonds is 6. The Balaban J connectivity index is 2.67. The number of hydrogen-bond acceptors (Lipinski definition) is 3. The predicted molar refractivity (Wildman–Crippen MR) is 87.4 cm³/mol. The zero-order valence-corrected chi connectivity index (χ0v) is 14.5. The van der Waals surface area contributed by atoms with Crippen molar-refractivity contribution in [2.45, 2.75) is 46.6 Å². The maximum absolute atomic E-state index is 8.09. The largest absolute Gasteiger partial charge is 0.487 e. The summed E-state index contributed by atoms with van der Waals surface area (Å²) >= 11 is 3.52. The number of ether oxygens (including phenoxy) is 2. The van der Waals surface area contributed by atoms with Gasteiger partial charge in [-0.3, -0.25) is 0 Å². The van der Waals surface area contributed by atoms with Crippen LogP contribution in [0.2, 0.25) is 0 Å². The number of nitrogens with one attached hydrogen (secondary N) is 1. The Labute approximate surface area is 131 Å². The molecule has 0 saturated heterocycles. The second kappa shape index (κ2) is 8.63. The van der Waals surface area contributed by atoms with E-state index < -0.39 is 0 Å². The molecule has 3 atom stereocenters. The first-order chi connectivity index (χ1) is 9.45. The van der Waals surface area contributed by atoms with Crippen LogP contribution in [0.15, 0.2) is 22.4 Å². The van der Waals surface area contributed by atoms with E-state index in [4.69, 9.17) is 14.9 Å². The summed E-state index contributed by atoms with van der Waals surface area (Å²) < 4.78 is 12.3. The van der Waals surface area contributed by atoms with Crippen molar-refractivity contribution >= 4 is 21.6 Å². The molecule has 114 valence electrons. The van der Waals surface area contributed by atoms with Gasteiger partial charge in [-0.05, 0) is 53.8 Å². The molecule has 0 spiro atoms. The third kappa shape index (κ3) is 5.41. The minimum atomic E-state index is 0.00934. The van der Waals surface area contributed by atoms with E-state index in [0.717, 1.165) is 29.7 Å². The van der Waals surface area contributed by atoms with Crippen LogP contribution in [0.25, 0.3) is 0 Å². The molecule has 0 aromatic rings. The van der Waals surface area contributed by atoms with Crippen LogP contribution in [0, 0.1) is 17.2 Å². The summed E-state index contributed by atoms with van der Waals surface area (Å²) in [6.07, 6.45) is 5.92. The highest BCUT2D eigenvalue weighted by molar-refractivity contribution is 9.12. The molecule has 0 saturated carbocycles. The van der Waals surface area contributed by atoms with Gasteiger partial charge in [0.2, 0.25) is 0 Å². The number of allylic oxidation sites excluding steroid dienone is 3. The van der Waals surface area contributed by atoms with Crippen LogP contribution >= 0.6 is 15.9 Å². The molecule has 1 aliphatic rings. The van der Waals surface area contributed by atoms with Gasteiger partial charge in [-0.25, -0.2) is 0 Å². The Hall–Kier alpha value is -0.610. The van der Waals surface area contributed by atoms with E-state index in [1.165, 1.54) is 0 Å². The normalized spacial score (nSPS) is 27.9. The van der Waals surface area contributed by atoms with E-state index in [1.807, 2.05) is 13.0 Å². The van der Waals surface area contributed by atoms with Crippen molar-refractivity contribution in [2.24, 2.45) is 11.8 Å². The maximum Gasteiger partial charge on any atom is 0.130 e. The maximum atomic E-state index is 8.09. The Bertz CT molecular complexity index is 390. The molecule has 1 rings (SSSR count). The first-order valence-corrected chi connectivity index (χ1v) is 8.15. The topological polar surface area (TPSA) is 42.3 Å². The van der Waals surface area contributed by atoms with Gasteiger partial charge in [0.1, 0.15) is 11.9 Å². The predicted octanol–water partition coefficient (Wildman–Crippen LogP) is 4.68. The average molecular weight is 344 g/mol. The second-order valence-corrected chi connectivity index (χ2v) is 6.38. The van der Waals surface area contributed by atoms with Crippen LogP contribution in [-0.4, -0.2) is 25.0 Å². The molecule has 0 radical (unpaired) electrons. The molecule has 0 aromatic carbocycles. The molecule has 20 heavy (non-hydrogen) atoms. The minimum absolute atomic E-state index is 0.00934. The second-order valence-electron chi connectivity index (χ2n) is 5.52. The van der Waals surface area contributed by atoms with E-state index in [2.05, 4.69) is 42.8 Å². The fraction of sp³-hybridized carbons (Fsp3) is 0.688. The van der Waals surface area contributed by atoms with Crippen LogP contribution in [-0.2, 0) is 9.47 Å². The molecule has 4 heteroatoms. The standard InChI is InChI=1S/C16H26BrNO2/c1-5-8-19-10-12(3)20-16-7-6-11(2)13(4)15(18)9-14(16)17/h7,9,11-13,18H,5-6,8,10H2,1-4H3/b14-9+,16-7?,18-15?. The number of halogens is 1. The van der Waals surface area contributed by atoms with Crippen molar-refractivity contribution < 1.29 is 9.47 Å². The van der Waals surface area contributed by atoms with Gasteiger partial charge in [-0.15, -0.1) is 0 Å². The summed E-state index contributed by atoms with van der Waals surface area (Å²) in [5, 5.41) is 8.09. The van der Waals surface area contributed by atoms with Gasteiger partial charge < -0.3 is 14.9 Å². The van der Waals surface area contributed by atoms with Crippen LogP contribution < -0.4 is 0 Å². The molecular weight excluding hydrogens is 318 g/mol. The summed E-state index contributed by atoms with van der Waals surface area (Å²) in [6, 6.07) is 0. The Morgan fingerprint density at radius 3 is 2.80 bits per heavy atom. The van der Waals surface area contributed by atoms with Gasteiger partial charge in [0, 0.05) is 18.2 Å². The highest BCUT2D eigenvalue weighted by Crippen LogP contribution is 2.28. The van der Waals surface area contributed by atoms with Crippen molar-refractivity contribution in [3.8, 4) is 0 Å². The van der Waals surface area contributed by atoms with Gasteiger partial charge in [0.25, 0.3) is 0 Å². The van der Waals surface area contributed by atoms with Gasteiger partial charge in [0.15, 0.2) is 0 Å². The molecule has 0 amide bonds. The molecule has 1 aliphatic carbocycles. The highest BCUT2D eigenvalue weighted by atomic mass is 79.9. The van der Waals surface area contributed by atoms with E-state index in [0.29, 0.717) is 18.2 Å². The Kier molecular flexibility index (Phi) is 7.52. The van der Waals surface area contributed by atoms with E-state index in [-0.39, 0.29) is 12.0 Å². The van der Waals surface area contributed by atoms with Gasteiger partial charge in [-0.1, -0.05) is 20.8 Å². The van der Waals surface area contributed by atoms with Crippen LogP contribution in [0.4, 0.5) is 0 Å². The smallest absolute Gasteiger partial charge is 0.130 e. The van der Waals surface area contributed by atoms with E-state index in [1.54, 1.807) is 0 Å². The Morgan fingerprint density at radius 1 is 1.45 bits per heavy atom. The van der Waals surface area contributed by atoms with Crippen LogP contribution in [0.3, 0.4) is 0 Å². The quantitative estimate of drug-likeness (QED) is 0.711. The zero-order valence-electron chi connectivity index (χ0n) is 12.9. The molecule has 3 unspecified atom stereocenters. The van der Waals surface area contributed by atoms with Gasteiger partial charge in [-0.2, -0.15) is 0 Å². The summed E-state index contributed by atoms with van der Waals surface area (Å²) in [5.41, 5.74) is 0.647. The molecule has 0 heterocycles. The lowest BCUT2D eigenvalue weighted by Crippen LogP contribution is -2.20. The fourth-order valence-electron chi connectivity index (χ4n) is 1.99. The van der Waals surface area contributed by atoms with Crippen LogP contribution in [0.1, 0.15) is 40.5 Å². The lowest BCUT2D eigenvalue weighted by molar-refractivity contribution is 0.0286. The van der Waals surface area contributed by atoms with Crippen molar-refractivity contribution in [1.82, 2.24) is 0 Å². The average Bonchev–Trinajstić information content (AvgIpc) is 2.41. The first kappa shape index (κ1) is 17.4. The monoisotopic (exact) mass is 343 g/mol. The lowest BCUT2D eigenvalue weighted by Gasteiger charge is -2.23. The van der Waals surface area contributed by atoms with Crippen molar-refractivity contribution in [2.75, 3.05) is 13.2 Å². The zero-order chi connectivity index (χ0) is 15.1. The first-order valence-electron chi connectivity index (χ1n) is 7.36. The van der Waals surface area contributed by atoms with Crippen LogP contribution in [0.5, 0.6) is 0 Å². The molecule has 3 nitrogen and oxygen atoms in total. The van der Waals surface area contributed by atoms with E-state index in [9.17, 15) is 0 Å². The number of hydrogen-bond donors (Lipinski definition) is 1. The molecule has 0 bridgehead atoms. The van der Waals surface area contributed by atoms with Crippen molar-refractivity contribution in [3.05, 3.63) is 22.4 Å². The third-order valence-electron chi connectivity index (χ3n) is 3.57. The summed E-state index contributed by atoms with van der Waals surface area (Å²) in [7, 11) is 0. The van der Waals surface area contributed by atoms with E-state index >= 15 is 0 Å². The van der Waals surface area contributed by atoms with Gasteiger partial charge in [0.05, 0.1) is 11.1 Å². The summed E-state index contributed by atoms with van der Waals surface area (Å²) in [5.74, 6) is 1.54. The minimum Gasteiger partial charge on any atom is -0.487 e. The van der Waals surface area contributed by atoms with Crippen molar-refractivity contribution in [3.63, 3.8) is 0 Å².